The van der Waals surface area contributed by atoms with Crippen molar-refractivity contribution in [3.63, 3.8) is 0 Å². The summed E-state index contributed by atoms with van der Waals surface area (Å²) in [6.07, 6.45) is 0. The Labute approximate surface area is 112 Å². The average molecular weight is 346 g/mol. The third-order valence-corrected chi connectivity index (χ3v) is 3.85. The molecule has 0 aliphatic rings. The molecule has 0 bridgehead atoms. The highest BCUT2D eigenvalue weighted by atomic mass is 79.9. The summed E-state index contributed by atoms with van der Waals surface area (Å²) in [6, 6.07) is 1.02. The normalized spacial score (nSPS) is 11.8. The summed E-state index contributed by atoms with van der Waals surface area (Å²) >= 11 is 2.86. The third-order valence-electron chi connectivity index (χ3n) is 1.67. The Morgan fingerprint density at radius 2 is 2.18 bits per heavy atom. The highest BCUT2D eigenvalue weighted by molar-refractivity contribution is 9.10. The average Bonchev–Trinajstić information content (AvgIpc) is 2.56. The fraction of sp³-hybridized carbons (Fsp3) is 0.444. The summed E-state index contributed by atoms with van der Waals surface area (Å²) in [4.78, 5) is 11.2. The molecule has 0 saturated carbocycles. The van der Waals surface area contributed by atoms with Crippen molar-refractivity contribution in [1.82, 2.24) is 0 Å². The predicted octanol–water partition coefficient (Wildman–Crippen LogP) is 2.78. The number of rotatable bonds is 4. The van der Waals surface area contributed by atoms with Crippen LogP contribution in [0.3, 0.4) is 0 Å². The van der Waals surface area contributed by atoms with Crippen LogP contribution in [0.2, 0.25) is 0 Å². The zero-order valence-electron chi connectivity index (χ0n) is 9.07. The Morgan fingerprint density at radius 1 is 1.59 bits per heavy atom. The van der Waals surface area contributed by atoms with E-state index < -0.39 is 15.0 Å². The van der Waals surface area contributed by atoms with Crippen LogP contribution in [0.25, 0.3) is 0 Å². The molecule has 1 aromatic heterocycles. The summed E-state index contributed by atoms with van der Waals surface area (Å²) in [5.41, 5.74) is 0. The van der Waals surface area contributed by atoms with E-state index in [0.717, 1.165) is 6.07 Å². The molecule has 17 heavy (non-hydrogen) atoms. The standard InChI is InChI=1S/C9H10BrClO5S/c1-5(2)4-15-9(12)6-3-7(8(10)16-6)17(11,13)14/h3,5H,4H2,1-2H3. The molecule has 8 heteroatoms. The molecule has 1 rings (SSSR count). The molecule has 0 spiro atoms. The smallest absolute Gasteiger partial charge is 0.374 e. The van der Waals surface area contributed by atoms with E-state index in [1.807, 2.05) is 13.8 Å². The predicted molar refractivity (Wildman–Crippen MR) is 64.6 cm³/mol. The second-order valence-electron chi connectivity index (χ2n) is 3.68. The van der Waals surface area contributed by atoms with E-state index in [0.29, 0.717) is 0 Å². The van der Waals surface area contributed by atoms with Crippen LogP contribution in [0.15, 0.2) is 20.0 Å². The van der Waals surface area contributed by atoms with E-state index >= 15 is 0 Å². The van der Waals surface area contributed by atoms with Gasteiger partial charge >= 0.3 is 5.97 Å². The van der Waals surface area contributed by atoms with Gasteiger partial charge in [-0.15, -0.1) is 0 Å². The van der Waals surface area contributed by atoms with Crippen molar-refractivity contribution in [3.8, 4) is 0 Å². The maximum atomic E-state index is 11.5. The second kappa shape index (κ2) is 5.41. The van der Waals surface area contributed by atoms with Crippen LogP contribution in [0.4, 0.5) is 0 Å². The van der Waals surface area contributed by atoms with Crippen molar-refractivity contribution in [2.45, 2.75) is 18.7 Å². The summed E-state index contributed by atoms with van der Waals surface area (Å²) in [7, 11) is 1.19. The Kier molecular flexibility index (Phi) is 4.62. The number of hydrogen-bond acceptors (Lipinski definition) is 5. The number of halogens is 2. The number of hydrogen-bond donors (Lipinski definition) is 0. The van der Waals surface area contributed by atoms with Crippen LogP contribution in [0, 0.1) is 5.92 Å². The quantitative estimate of drug-likeness (QED) is 0.619. The van der Waals surface area contributed by atoms with Gasteiger partial charge in [-0.25, -0.2) is 13.2 Å². The molecular weight excluding hydrogens is 336 g/mol. The molecule has 0 fully saturated rings. The number of esters is 1. The fourth-order valence-electron chi connectivity index (χ4n) is 0.932. The number of carbonyl (C=O) groups excluding carboxylic acids is 1. The van der Waals surface area contributed by atoms with Gasteiger partial charge in [-0.1, -0.05) is 13.8 Å². The first kappa shape index (κ1) is 14.5. The molecule has 0 radical (unpaired) electrons. The zero-order chi connectivity index (χ0) is 13.2. The Hall–Kier alpha value is -0.530. The lowest BCUT2D eigenvalue weighted by Crippen LogP contribution is -2.09. The molecule has 0 aromatic carbocycles. The Balaban J connectivity index is 2.91. The lowest BCUT2D eigenvalue weighted by molar-refractivity contribution is 0.0421. The lowest BCUT2D eigenvalue weighted by atomic mass is 10.2. The van der Waals surface area contributed by atoms with Gasteiger partial charge in [0.1, 0.15) is 4.90 Å². The maximum Gasteiger partial charge on any atom is 0.374 e. The Bertz CT molecular complexity index is 519. The van der Waals surface area contributed by atoms with Crippen LogP contribution in [0.1, 0.15) is 24.4 Å². The number of carbonyl (C=O) groups is 1. The van der Waals surface area contributed by atoms with Gasteiger partial charge in [0, 0.05) is 16.7 Å². The summed E-state index contributed by atoms with van der Waals surface area (Å²) < 4.78 is 31.8. The molecule has 1 aromatic rings. The van der Waals surface area contributed by atoms with Crippen LogP contribution < -0.4 is 0 Å². The minimum absolute atomic E-state index is 0.121. The molecule has 0 N–H and O–H groups in total. The molecule has 0 aliphatic heterocycles. The molecule has 0 unspecified atom stereocenters. The van der Waals surface area contributed by atoms with Crippen molar-refractivity contribution in [2.24, 2.45) is 5.92 Å². The van der Waals surface area contributed by atoms with Crippen molar-refractivity contribution >= 4 is 41.6 Å². The van der Waals surface area contributed by atoms with Gasteiger partial charge in [-0.2, -0.15) is 0 Å². The van der Waals surface area contributed by atoms with Gasteiger partial charge < -0.3 is 9.15 Å². The molecule has 0 aliphatic carbocycles. The minimum atomic E-state index is -3.95. The largest absolute Gasteiger partial charge is 0.460 e. The van der Waals surface area contributed by atoms with Crippen LogP contribution in [-0.4, -0.2) is 21.0 Å². The SMILES string of the molecule is CC(C)COC(=O)c1cc(S(=O)(=O)Cl)c(Br)o1. The topological polar surface area (TPSA) is 73.6 Å². The molecule has 0 amide bonds. The first-order valence-corrected chi connectivity index (χ1v) is 7.73. The van der Waals surface area contributed by atoms with E-state index in [1.54, 1.807) is 0 Å². The highest BCUT2D eigenvalue weighted by Gasteiger charge is 2.24. The van der Waals surface area contributed by atoms with Gasteiger partial charge in [0.15, 0.2) is 4.67 Å². The molecule has 1 heterocycles. The van der Waals surface area contributed by atoms with E-state index in [1.165, 1.54) is 0 Å². The first-order chi connectivity index (χ1) is 7.71. The Morgan fingerprint density at radius 3 is 2.59 bits per heavy atom. The third kappa shape index (κ3) is 4.01. The maximum absolute atomic E-state index is 11.5. The van der Waals surface area contributed by atoms with Gasteiger partial charge in [0.25, 0.3) is 9.05 Å². The molecule has 0 saturated heterocycles. The zero-order valence-corrected chi connectivity index (χ0v) is 12.2. The van der Waals surface area contributed by atoms with E-state index in [4.69, 9.17) is 19.8 Å². The lowest BCUT2D eigenvalue weighted by Gasteiger charge is -2.04. The van der Waals surface area contributed by atoms with E-state index in [-0.39, 0.29) is 27.9 Å². The van der Waals surface area contributed by atoms with Crippen LogP contribution >= 0.6 is 26.6 Å². The first-order valence-electron chi connectivity index (χ1n) is 4.63. The van der Waals surface area contributed by atoms with Crippen molar-refractivity contribution in [2.75, 3.05) is 6.61 Å². The number of furan rings is 1. The second-order valence-corrected chi connectivity index (χ2v) is 6.93. The van der Waals surface area contributed by atoms with Crippen LogP contribution in [-0.2, 0) is 13.8 Å². The monoisotopic (exact) mass is 344 g/mol. The van der Waals surface area contributed by atoms with Crippen molar-refractivity contribution in [1.29, 1.82) is 0 Å². The van der Waals surface area contributed by atoms with Gasteiger partial charge in [-0.3, -0.25) is 0 Å². The fourth-order valence-corrected chi connectivity index (χ4v) is 2.97. The van der Waals surface area contributed by atoms with Gasteiger partial charge in [0.05, 0.1) is 6.61 Å². The molecule has 5 nitrogen and oxygen atoms in total. The highest BCUT2D eigenvalue weighted by Crippen LogP contribution is 2.29. The summed E-state index contributed by atoms with van der Waals surface area (Å²) in [5.74, 6) is -0.767. The van der Waals surface area contributed by atoms with Crippen molar-refractivity contribution < 1.29 is 22.4 Å². The van der Waals surface area contributed by atoms with Crippen molar-refractivity contribution in [3.05, 3.63) is 16.5 Å². The summed E-state index contributed by atoms with van der Waals surface area (Å²) in [5, 5.41) is 0. The van der Waals surface area contributed by atoms with Crippen LogP contribution in [0.5, 0.6) is 0 Å². The molecular formula is C9H10BrClO5S. The number of ether oxygens (including phenoxy) is 1. The molecule has 0 atom stereocenters. The summed E-state index contributed by atoms with van der Waals surface area (Å²) in [6.45, 7) is 3.97. The minimum Gasteiger partial charge on any atom is -0.460 e. The van der Waals surface area contributed by atoms with Gasteiger partial charge in [-0.05, 0) is 21.8 Å². The molecule has 96 valence electrons. The van der Waals surface area contributed by atoms with E-state index in [9.17, 15) is 13.2 Å². The van der Waals surface area contributed by atoms with Gasteiger partial charge in [0.2, 0.25) is 5.76 Å². The van der Waals surface area contributed by atoms with E-state index in [2.05, 4.69) is 15.9 Å².